The third-order valence-electron chi connectivity index (χ3n) is 5.94. The zero-order valence-corrected chi connectivity index (χ0v) is 21.1. The average Bonchev–Trinajstić information content (AvgIpc) is 2.87. The van der Waals surface area contributed by atoms with Gasteiger partial charge >= 0.3 is 5.97 Å². The number of hydrogen-bond donors (Lipinski definition) is 1. The lowest BCUT2D eigenvalue weighted by molar-refractivity contribution is 0.0526. The van der Waals surface area contributed by atoms with Gasteiger partial charge in [-0.15, -0.1) is 11.8 Å². The van der Waals surface area contributed by atoms with Crippen LogP contribution in [0.5, 0.6) is 0 Å². The topological polar surface area (TPSA) is 38.3 Å². The molecule has 2 rings (SSSR count). The van der Waals surface area contributed by atoms with Crippen molar-refractivity contribution >= 4 is 11.7 Å². The Bertz CT molecular complexity index is 833. The van der Waals surface area contributed by atoms with Crippen LogP contribution in [-0.4, -0.2) is 19.1 Å². The molecular weight excluding hydrogens is 418 g/mol. The summed E-state index contributed by atoms with van der Waals surface area (Å²) in [5, 5.41) is 3.43. The van der Waals surface area contributed by atoms with Crippen LogP contribution in [0.15, 0.2) is 54.6 Å². The quantitative estimate of drug-likeness (QED) is 0.147. The van der Waals surface area contributed by atoms with Gasteiger partial charge in [0.25, 0.3) is 0 Å². The molecule has 2 aromatic carbocycles. The second kappa shape index (κ2) is 18.7. The van der Waals surface area contributed by atoms with Crippen molar-refractivity contribution in [3.8, 4) is 11.8 Å². The van der Waals surface area contributed by atoms with Gasteiger partial charge in [0.15, 0.2) is 0 Å². The summed E-state index contributed by atoms with van der Waals surface area (Å²) < 4.78 is 5.01. The molecule has 0 fully saturated rings. The molecule has 0 aliphatic heterocycles. The molecule has 184 valence electrons. The Morgan fingerprint density at radius 3 is 1.97 bits per heavy atom. The summed E-state index contributed by atoms with van der Waals surface area (Å²) in [6.45, 7) is 3.21. The van der Waals surface area contributed by atoms with Crippen molar-refractivity contribution in [1.29, 1.82) is 0 Å². The Balaban J connectivity index is 1.33. The van der Waals surface area contributed by atoms with Gasteiger partial charge in [0.05, 0.1) is 12.2 Å². The van der Waals surface area contributed by atoms with Gasteiger partial charge in [0.1, 0.15) is 0 Å². The Hall–Kier alpha value is -2.73. The van der Waals surface area contributed by atoms with E-state index in [0.717, 1.165) is 37.9 Å². The van der Waals surface area contributed by atoms with Crippen molar-refractivity contribution in [3.63, 3.8) is 0 Å². The van der Waals surface area contributed by atoms with Crippen LogP contribution in [0, 0.1) is 11.8 Å². The fourth-order valence-corrected chi connectivity index (χ4v) is 3.95. The van der Waals surface area contributed by atoms with E-state index in [9.17, 15) is 4.79 Å². The first kappa shape index (κ1) is 27.5. The Kier molecular flexibility index (Phi) is 15.1. The second-order valence-electron chi connectivity index (χ2n) is 8.85. The highest BCUT2D eigenvalue weighted by molar-refractivity contribution is 5.89. The molecule has 0 saturated heterocycles. The fourth-order valence-electron chi connectivity index (χ4n) is 3.95. The van der Waals surface area contributed by atoms with Crippen molar-refractivity contribution in [2.75, 3.05) is 18.5 Å². The lowest BCUT2D eigenvalue weighted by Crippen LogP contribution is -2.05. The Morgan fingerprint density at radius 2 is 1.32 bits per heavy atom. The number of benzene rings is 2. The van der Waals surface area contributed by atoms with E-state index in [1.165, 1.54) is 63.4 Å². The number of hydrogen-bond acceptors (Lipinski definition) is 3. The van der Waals surface area contributed by atoms with Gasteiger partial charge in [-0.2, -0.15) is 0 Å². The van der Waals surface area contributed by atoms with Gasteiger partial charge < -0.3 is 10.1 Å². The van der Waals surface area contributed by atoms with E-state index in [2.05, 4.69) is 47.5 Å². The minimum atomic E-state index is -0.257. The molecule has 0 radical (unpaired) electrons. The van der Waals surface area contributed by atoms with Gasteiger partial charge in [-0.1, -0.05) is 75.3 Å². The molecule has 34 heavy (non-hydrogen) atoms. The maximum atomic E-state index is 11.7. The molecule has 0 saturated carbocycles. The van der Waals surface area contributed by atoms with Crippen LogP contribution in [0.4, 0.5) is 5.69 Å². The Labute approximate surface area is 207 Å². The lowest BCUT2D eigenvalue weighted by atomic mass is 10.1. The summed E-state index contributed by atoms with van der Waals surface area (Å²) in [6, 6.07) is 18.2. The molecule has 0 bridgehead atoms. The van der Waals surface area contributed by atoms with Gasteiger partial charge in [0, 0.05) is 25.1 Å². The predicted molar refractivity (Wildman–Crippen MR) is 144 cm³/mol. The number of anilines is 1. The molecule has 3 heteroatoms. The number of carbonyl (C=O) groups excluding carboxylic acids is 1. The van der Waals surface area contributed by atoms with Crippen molar-refractivity contribution in [1.82, 2.24) is 0 Å². The van der Waals surface area contributed by atoms with Crippen molar-refractivity contribution < 1.29 is 9.53 Å². The number of carbonyl (C=O) groups is 1. The first-order valence-electron chi connectivity index (χ1n) is 13.3. The van der Waals surface area contributed by atoms with Crippen molar-refractivity contribution in [2.45, 2.75) is 90.4 Å². The van der Waals surface area contributed by atoms with Crippen LogP contribution in [0.1, 0.15) is 99.9 Å². The van der Waals surface area contributed by atoms with Gasteiger partial charge in [0.2, 0.25) is 0 Å². The smallest absolute Gasteiger partial charge is 0.338 e. The van der Waals surface area contributed by atoms with Crippen LogP contribution in [0.2, 0.25) is 0 Å². The zero-order chi connectivity index (χ0) is 24.1. The highest BCUT2D eigenvalue weighted by atomic mass is 16.5. The second-order valence-corrected chi connectivity index (χ2v) is 8.85. The number of nitrogens with one attached hydrogen (secondary N) is 1. The molecule has 0 spiro atoms. The summed E-state index contributed by atoms with van der Waals surface area (Å²) in [5.41, 5.74) is 3.08. The molecule has 0 aliphatic carbocycles. The number of ether oxygens (including phenoxy) is 1. The minimum absolute atomic E-state index is 0.257. The first-order valence-corrected chi connectivity index (χ1v) is 13.3. The monoisotopic (exact) mass is 461 g/mol. The summed E-state index contributed by atoms with van der Waals surface area (Å²) in [6.07, 6.45) is 16.1. The van der Waals surface area contributed by atoms with Crippen molar-refractivity contribution in [3.05, 3.63) is 65.7 Å². The molecular formula is C31H43NO2. The summed E-state index contributed by atoms with van der Waals surface area (Å²) in [5.74, 6) is 6.43. The number of rotatable bonds is 17. The number of aryl methyl sites for hydroxylation is 1. The van der Waals surface area contributed by atoms with E-state index in [4.69, 9.17) is 4.74 Å². The SMILES string of the molecule is CCOC(=O)c1ccc(NCCCCCCCCCCCC#CCCCc2ccccc2)cc1. The maximum Gasteiger partial charge on any atom is 0.338 e. The number of esters is 1. The molecule has 0 heterocycles. The molecule has 1 N–H and O–H groups in total. The van der Waals surface area contributed by atoms with Gasteiger partial charge in [-0.3, -0.25) is 0 Å². The van der Waals surface area contributed by atoms with Crippen LogP contribution in [-0.2, 0) is 11.2 Å². The summed E-state index contributed by atoms with van der Waals surface area (Å²) in [4.78, 5) is 11.7. The molecule has 0 atom stereocenters. The Morgan fingerprint density at radius 1 is 0.735 bits per heavy atom. The van der Waals surface area contributed by atoms with E-state index in [-0.39, 0.29) is 5.97 Å². The average molecular weight is 462 g/mol. The summed E-state index contributed by atoms with van der Waals surface area (Å²) >= 11 is 0. The molecule has 0 amide bonds. The van der Waals surface area contributed by atoms with Crippen molar-refractivity contribution in [2.24, 2.45) is 0 Å². The lowest BCUT2D eigenvalue weighted by Gasteiger charge is -2.07. The first-order chi connectivity index (χ1) is 16.8. The number of unbranched alkanes of at least 4 members (excludes halogenated alkanes) is 10. The predicted octanol–water partition coefficient (Wildman–Crippen LogP) is 8.20. The summed E-state index contributed by atoms with van der Waals surface area (Å²) in [7, 11) is 0. The highest BCUT2D eigenvalue weighted by Gasteiger charge is 2.05. The molecule has 2 aromatic rings. The van der Waals surface area contributed by atoms with Crippen LogP contribution >= 0.6 is 0 Å². The third kappa shape index (κ3) is 13.1. The van der Waals surface area contributed by atoms with E-state index >= 15 is 0 Å². The van der Waals surface area contributed by atoms with Gasteiger partial charge in [-0.05, 0) is 62.4 Å². The van der Waals surface area contributed by atoms with E-state index in [1.807, 2.05) is 31.2 Å². The minimum Gasteiger partial charge on any atom is -0.462 e. The largest absolute Gasteiger partial charge is 0.462 e. The van der Waals surface area contributed by atoms with Gasteiger partial charge in [-0.25, -0.2) is 4.79 Å². The third-order valence-corrected chi connectivity index (χ3v) is 5.94. The maximum absolute atomic E-state index is 11.7. The van der Waals surface area contributed by atoms with Crippen LogP contribution < -0.4 is 5.32 Å². The van der Waals surface area contributed by atoms with Crippen LogP contribution in [0.3, 0.4) is 0 Å². The van der Waals surface area contributed by atoms with E-state index in [1.54, 1.807) is 0 Å². The fraction of sp³-hybridized carbons (Fsp3) is 0.516. The normalized spacial score (nSPS) is 10.4. The zero-order valence-electron chi connectivity index (χ0n) is 21.1. The molecule has 0 aliphatic rings. The molecule has 0 unspecified atom stereocenters. The van der Waals surface area contributed by atoms with E-state index < -0.39 is 0 Å². The molecule has 3 nitrogen and oxygen atoms in total. The molecule has 0 aromatic heterocycles. The standard InChI is InChI=1S/C31H43NO2/c1-2-34-31(33)29-23-25-30(26-24-29)32-27-19-14-12-10-8-6-4-3-5-7-9-11-13-16-20-28-21-17-15-18-22-28/h15,17-18,21-26,32H,2-8,10,12-14,16,19-20,27H2,1H3. The highest BCUT2D eigenvalue weighted by Crippen LogP contribution is 2.13. The van der Waals surface area contributed by atoms with Crippen LogP contribution in [0.25, 0.3) is 0 Å². The van der Waals surface area contributed by atoms with E-state index in [0.29, 0.717) is 12.2 Å².